The minimum Gasteiger partial charge on any atom is -0.481 e. The Kier molecular flexibility index (Phi) is 13.2. The second kappa shape index (κ2) is 16.5. The highest BCUT2D eigenvalue weighted by Crippen LogP contribution is 2.73. The molecule has 0 bridgehead atoms. The molecule has 2 N–H and O–H groups in total. The zero-order chi connectivity index (χ0) is 41.6. The Morgan fingerprint density at radius 1 is 1.04 bits per heavy atom. The smallest absolute Gasteiger partial charge is 0.309 e. The SMILES string of the molecule is CCC[C@@H]1[C@@]2(C)CC[C@H](OC(=O)CC(C)(C)C(=O)O)C(C)(C)[C@@H]2CC[C@@]1(C)[C@]1(C)CC[C@@]2([C@@H](O)CN(CCN(C)C)Cc3nccs3)CC(=O)C(C(C)C)=C2C1. The van der Waals surface area contributed by atoms with E-state index in [1.807, 2.05) is 11.6 Å². The van der Waals surface area contributed by atoms with Gasteiger partial charge in [0.05, 0.1) is 24.5 Å². The molecular weight excluding hydrogens is 723 g/mol. The molecule has 4 aliphatic rings. The lowest BCUT2D eigenvalue weighted by atomic mass is 9.37. The molecule has 316 valence electrons. The third-order valence-electron chi connectivity index (χ3n) is 16.1. The van der Waals surface area contributed by atoms with Crippen molar-refractivity contribution in [3.63, 3.8) is 0 Å². The third kappa shape index (κ3) is 8.21. The third-order valence-corrected chi connectivity index (χ3v) is 16.9. The standard InChI is InChI=1S/C46H75N3O6S/c1-13-14-34-44(9)17-16-36(55-38(52)27-41(4,5)40(53)54)42(6,7)33(44)15-18-45(34,10)43(8)19-20-46(26-32(50)39(30(2)3)31(46)25-43)35(51)28-49(23-22-48(11)12)29-37-47-21-24-56-37/h21,24,30,33-36,51H,13-20,22-23,25-29H2,1-12H3,(H,53,54)/t33-,34+,35-,36-,43+,44-,45+,46+/m0/s1. The molecule has 1 aromatic heterocycles. The molecule has 56 heavy (non-hydrogen) atoms. The van der Waals surface area contributed by atoms with Crippen molar-refractivity contribution in [3.05, 3.63) is 27.7 Å². The molecule has 8 atom stereocenters. The number of aromatic nitrogens is 1. The van der Waals surface area contributed by atoms with Crippen LogP contribution in [0.3, 0.4) is 0 Å². The summed E-state index contributed by atoms with van der Waals surface area (Å²) in [4.78, 5) is 48.2. The molecule has 4 aliphatic carbocycles. The number of thiazole rings is 1. The molecule has 0 amide bonds. The van der Waals surface area contributed by atoms with Crippen LogP contribution in [-0.4, -0.2) is 88.7 Å². The fraction of sp³-hybridized carbons (Fsp3) is 0.826. The van der Waals surface area contributed by atoms with E-state index in [1.165, 1.54) is 5.57 Å². The second-order valence-corrected chi connectivity index (χ2v) is 22.1. The van der Waals surface area contributed by atoms with Crippen molar-refractivity contribution < 1.29 is 29.3 Å². The zero-order valence-corrected chi connectivity index (χ0v) is 37.7. The maximum atomic E-state index is 14.1. The van der Waals surface area contributed by atoms with Crippen LogP contribution < -0.4 is 0 Å². The number of carboxylic acid groups (broad SMARTS) is 1. The van der Waals surface area contributed by atoms with Crippen molar-refractivity contribution in [1.29, 1.82) is 0 Å². The number of nitrogens with zero attached hydrogens (tertiary/aromatic N) is 3. The quantitative estimate of drug-likeness (QED) is 0.158. The van der Waals surface area contributed by atoms with Crippen LogP contribution in [0.4, 0.5) is 0 Å². The second-order valence-electron chi connectivity index (χ2n) is 21.1. The number of likely N-dealkylation sites (N-methyl/N-ethyl adjacent to an activating group) is 1. The van der Waals surface area contributed by atoms with Gasteiger partial charge >= 0.3 is 11.9 Å². The van der Waals surface area contributed by atoms with Gasteiger partial charge in [-0.05, 0) is 119 Å². The summed E-state index contributed by atoms with van der Waals surface area (Å²) in [6, 6.07) is 0. The number of hydrogen-bond acceptors (Lipinski definition) is 9. The summed E-state index contributed by atoms with van der Waals surface area (Å²) in [6.07, 6.45) is 9.84. The molecule has 10 heteroatoms. The number of carbonyl (C=O) groups excluding carboxylic acids is 2. The first kappa shape index (κ1) is 45.0. The van der Waals surface area contributed by atoms with Gasteiger partial charge in [-0.25, -0.2) is 4.98 Å². The molecule has 0 saturated heterocycles. The summed E-state index contributed by atoms with van der Waals surface area (Å²) in [6.45, 7) is 24.8. The lowest BCUT2D eigenvalue weighted by Crippen LogP contribution is -2.62. The van der Waals surface area contributed by atoms with Gasteiger partial charge in [-0.3, -0.25) is 19.3 Å². The Bertz CT molecular complexity index is 1620. The summed E-state index contributed by atoms with van der Waals surface area (Å²) in [5, 5.41) is 25.2. The van der Waals surface area contributed by atoms with Gasteiger partial charge in [-0.2, -0.15) is 0 Å². The summed E-state index contributed by atoms with van der Waals surface area (Å²) >= 11 is 1.65. The van der Waals surface area contributed by atoms with Crippen molar-refractivity contribution in [2.45, 2.75) is 159 Å². The summed E-state index contributed by atoms with van der Waals surface area (Å²) < 4.78 is 6.21. The number of ketones is 1. The van der Waals surface area contributed by atoms with Crippen molar-refractivity contribution in [3.8, 4) is 0 Å². The first-order valence-electron chi connectivity index (χ1n) is 21.6. The molecule has 9 nitrogen and oxygen atoms in total. The van der Waals surface area contributed by atoms with Crippen molar-refractivity contribution in [1.82, 2.24) is 14.8 Å². The predicted octanol–water partition coefficient (Wildman–Crippen LogP) is 9.04. The molecule has 1 heterocycles. The Balaban J connectivity index is 1.44. The topological polar surface area (TPSA) is 120 Å². The molecule has 0 aromatic carbocycles. The normalized spacial score (nSPS) is 33.9. The van der Waals surface area contributed by atoms with Crippen LogP contribution in [0.2, 0.25) is 0 Å². The van der Waals surface area contributed by atoms with E-state index in [0.717, 1.165) is 81.5 Å². The van der Waals surface area contributed by atoms with Crippen LogP contribution >= 0.6 is 11.3 Å². The van der Waals surface area contributed by atoms with E-state index in [0.29, 0.717) is 31.3 Å². The highest BCUT2D eigenvalue weighted by Gasteiger charge is 2.66. The van der Waals surface area contributed by atoms with E-state index >= 15 is 0 Å². The van der Waals surface area contributed by atoms with Gasteiger partial charge in [0.1, 0.15) is 11.1 Å². The van der Waals surface area contributed by atoms with E-state index in [1.54, 1.807) is 25.2 Å². The fourth-order valence-corrected chi connectivity index (χ4v) is 13.3. The number of hydrogen-bond donors (Lipinski definition) is 2. The number of carboxylic acids is 1. The number of Topliss-reactive ketones (excluding diaryl/α,β-unsaturated/α-hetero) is 1. The average Bonchev–Trinajstić information content (AvgIpc) is 3.71. The number of allylic oxidation sites excluding steroid dienone is 1. The molecule has 0 spiro atoms. The molecule has 5 rings (SSSR count). The summed E-state index contributed by atoms with van der Waals surface area (Å²) in [5.74, 6) is -0.311. The Hall–Kier alpha value is -2.14. The molecule has 0 radical (unpaired) electrons. The number of aliphatic hydroxyl groups is 1. The molecule has 3 fully saturated rings. The summed E-state index contributed by atoms with van der Waals surface area (Å²) in [5.41, 5.74) is 0.185. The highest BCUT2D eigenvalue weighted by molar-refractivity contribution is 7.09. The predicted molar refractivity (Wildman–Crippen MR) is 224 cm³/mol. The molecule has 0 aliphatic heterocycles. The van der Waals surface area contributed by atoms with Gasteiger partial charge in [-0.15, -0.1) is 11.3 Å². The molecule has 3 saturated carbocycles. The van der Waals surface area contributed by atoms with E-state index in [4.69, 9.17) is 4.74 Å². The first-order chi connectivity index (χ1) is 26.0. The van der Waals surface area contributed by atoms with Gasteiger partial charge in [-0.1, -0.05) is 67.4 Å². The van der Waals surface area contributed by atoms with Gasteiger partial charge in [0.25, 0.3) is 0 Å². The minimum atomic E-state index is -1.17. The van der Waals surface area contributed by atoms with Crippen LogP contribution in [0.15, 0.2) is 22.7 Å². The number of aliphatic hydroxyl groups excluding tert-OH is 1. The van der Waals surface area contributed by atoms with Crippen LogP contribution in [0.5, 0.6) is 0 Å². The lowest BCUT2D eigenvalue weighted by molar-refractivity contribution is -0.214. The minimum absolute atomic E-state index is 0.000208. The number of fused-ring (bicyclic) bond motifs is 2. The van der Waals surface area contributed by atoms with Crippen LogP contribution in [-0.2, 0) is 25.7 Å². The molecular formula is C46H75N3O6S. The largest absolute Gasteiger partial charge is 0.481 e. The van der Waals surface area contributed by atoms with Crippen LogP contribution in [0.25, 0.3) is 0 Å². The Morgan fingerprint density at radius 2 is 1.73 bits per heavy atom. The van der Waals surface area contributed by atoms with Gasteiger partial charge < -0.3 is 19.8 Å². The molecule has 1 aromatic rings. The van der Waals surface area contributed by atoms with Crippen LogP contribution in [0, 0.1) is 50.2 Å². The number of rotatable bonds is 16. The zero-order valence-electron chi connectivity index (χ0n) is 36.9. The Morgan fingerprint density at radius 3 is 2.32 bits per heavy atom. The van der Waals surface area contributed by atoms with E-state index in [-0.39, 0.29) is 45.9 Å². The van der Waals surface area contributed by atoms with Crippen molar-refractivity contribution in [2.24, 2.45) is 50.2 Å². The van der Waals surface area contributed by atoms with E-state index in [2.05, 4.69) is 84.3 Å². The maximum absolute atomic E-state index is 14.1. The van der Waals surface area contributed by atoms with E-state index in [9.17, 15) is 24.6 Å². The van der Waals surface area contributed by atoms with Crippen LogP contribution in [0.1, 0.15) is 145 Å². The van der Waals surface area contributed by atoms with Crippen molar-refractivity contribution >= 4 is 29.1 Å². The average molecular weight is 798 g/mol. The van der Waals surface area contributed by atoms with Gasteiger partial charge in [0, 0.05) is 48.5 Å². The lowest BCUT2D eigenvalue weighted by Gasteiger charge is -2.68. The monoisotopic (exact) mass is 798 g/mol. The number of ether oxygens (including phenoxy) is 1. The molecule has 0 unspecified atom stereocenters. The van der Waals surface area contributed by atoms with Gasteiger partial charge in [0.15, 0.2) is 5.78 Å². The van der Waals surface area contributed by atoms with Crippen molar-refractivity contribution in [2.75, 3.05) is 33.7 Å². The van der Waals surface area contributed by atoms with Gasteiger partial charge in [0.2, 0.25) is 0 Å². The maximum Gasteiger partial charge on any atom is 0.309 e. The number of esters is 1. The first-order valence-corrected chi connectivity index (χ1v) is 22.5. The summed E-state index contributed by atoms with van der Waals surface area (Å²) in [7, 11) is 4.16. The number of carbonyl (C=O) groups is 3. The highest BCUT2D eigenvalue weighted by atomic mass is 32.1. The Labute approximate surface area is 342 Å². The number of aliphatic carboxylic acids is 1. The van der Waals surface area contributed by atoms with E-state index < -0.39 is 28.9 Å². The fourth-order valence-electron chi connectivity index (χ4n) is 12.6.